The Morgan fingerprint density at radius 2 is 2.24 bits per heavy atom. The van der Waals surface area contributed by atoms with Crippen LogP contribution in [0.1, 0.15) is 10.4 Å². The molecule has 0 heterocycles. The van der Waals surface area contributed by atoms with Crippen molar-refractivity contribution in [1.82, 2.24) is 5.32 Å². The Bertz CT molecular complexity index is 387. The molecular formula is C11H13BrFNO3. The Labute approximate surface area is 107 Å². The first kappa shape index (κ1) is 14.1. The number of nitrogens with one attached hydrogen (secondary N) is 1. The van der Waals surface area contributed by atoms with E-state index in [1.165, 1.54) is 18.2 Å². The number of amides is 1. The minimum Gasteiger partial charge on any atom is -0.394 e. The highest BCUT2D eigenvalue weighted by Gasteiger charge is 2.12. The largest absolute Gasteiger partial charge is 0.394 e. The average Bonchev–Trinajstić information content (AvgIpc) is 2.32. The monoisotopic (exact) mass is 305 g/mol. The molecule has 0 aliphatic rings. The van der Waals surface area contributed by atoms with Crippen molar-refractivity contribution in [3.8, 4) is 0 Å². The summed E-state index contributed by atoms with van der Waals surface area (Å²) in [5, 5.41) is 11.0. The topological polar surface area (TPSA) is 58.6 Å². The first-order valence-electron chi connectivity index (χ1n) is 5.07. The van der Waals surface area contributed by atoms with Crippen LogP contribution in [0, 0.1) is 5.82 Å². The van der Waals surface area contributed by atoms with E-state index in [9.17, 15) is 9.18 Å². The third kappa shape index (κ3) is 4.41. The van der Waals surface area contributed by atoms with Gasteiger partial charge < -0.3 is 15.2 Å². The summed E-state index contributed by atoms with van der Waals surface area (Å²) >= 11 is 3.01. The zero-order valence-corrected chi connectivity index (χ0v) is 10.7. The molecule has 0 unspecified atom stereocenters. The first-order valence-corrected chi connectivity index (χ1v) is 5.87. The van der Waals surface area contributed by atoms with Gasteiger partial charge in [-0.15, -0.1) is 0 Å². The molecule has 1 rings (SSSR count). The molecule has 17 heavy (non-hydrogen) atoms. The predicted molar refractivity (Wildman–Crippen MR) is 64.3 cm³/mol. The summed E-state index contributed by atoms with van der Waals surface area (Å²) in [6.07, 6.45) is 0. The lowest BCUT2D eigenvalue weighted by Crippen LogP contribution is -2.28. The van der Waals surface area contributed by atoms with Crippen molar-refractivity contribution in [1.29, 1.82) is 0 Å². The Hall–Kier alpha value is -0.980. The third-order valence-corrected chi connectivity index (χ3v) is 2.77. The molecule has 2 N–H and O–H groups in total. The number of ether oxygens (including phenoxy) is 1. The molecule has 0 fully saturated rings. The molecule has 0 aromatic heterocycles. The van der Waals surface area contributed by atoms with Crippen LogP contribution < -0.4 is 5.32 Å². The second kappa shape index (κ2) is 7.37. The standard InChI is InChI=1S/C11H13BrFNO3/c12-10-8(2-1-3-9(10)13)11(16)14-4-6-17-7-5-15/h1-3,15H,4-7H2,(H,14,16). The maximum Gasteiger partial charge on any atom is 0.252 e. The molecule has 0 aliphatic heterocycles. The molecule has 6 heteroatoms. The quantitative estimate of drug-likeness (QED) is 0.780. The van der Waals surface area contributed by atoms with E-state index >= 15 is 0 Å². The number of aliphatic hydroxyl groups excluding tert-OH is 1. The number of aliphatic hydroxyl groups is 1. The highest BCUT2D eigenvalue weighted by atomic mass is 79.9. The Balaban J connectivity index is 2.44. The van der Waals surface area contributed by atoms with Gasteiger partial charge in [-0.2, -0.15) is 0 Å². The molecule has 1 amide bonds. The molecule has 0 bridgehead atoms. The molecule has 0 saturated carbocycles. The molecular weight excluding hydrogens is 293 g/mol. The summed E-state index contributed by atoms with van der Waals surface area (Å²) in [6.45, 7) is 0.796. The van der Waals surface area contributed by atoms with Crippen molar-refractivity contribution in [2.24, 2.45) is 0 Å². The lowest BCUT2D eigenvalue weighted by Gasteiger charge is -2.07. The summed E-state index contributed by atoms with van der Waals surface area (Å²) in [7, 11) is 0. The number of carbonyl (C=O) groups is 1. The molecule has 1 aromatic carbocycles. The fourth-order valence-corrected chi connectivity index (χ4v) is 1.62. The van der Waals surface area contributed by atoms with Crippen LogP contribution in [0.25, 0.3) is 0 Å². The van der Waals surface area contributed by atoms with Gasteiger partial charge in [0.05, 0.1) is 29.9 Å². The van der Waals surface area contributed by atoms with Gasteiger partial charge in [-0.25, -0.2) is 4.39 Å². The Morgan fingerprint density at radius 1 is 1.47 bits per heavy atom. The summed E-state index contributed by atoms with van der Waals surface area (Å²) in [5.74, 6) is -0.849. The normalized spacial score (nSPS) is 10.3. The second-order valence-electron chi connectivity index (χ2n) is 3.19. The molecule has 0 radical (unpaired) electrons. The van der Waals surface area contributed by atoms with Crippen LogP contribution in [0.5, 0.6) is 0 Å². The van der Waals surface area contributed by atoms with Crippen molar-refractivity contribution >= 4 is 21.8 Å². The molecule has 0 spiro atoms. The van der Waals surface area contributed by atoms with Gasteiger partial charge in [0, 0.05) is 6.54 Å². The number of hydrogen-bond acceptors (Lipinski definition) is 3. The number of halogens is 2. The zero-order valence-electron chi connectivity index (χ0n) is 9.08. The summed E-state index contributed by atoms with van der Waals surface area (Å²) < 4.78 is 18.3. The number of rotatable bonds is 6. The average molecular weight is 306 g/mol. The molecule has 0 atom stereocenters. The van der Waals surface area contributed by atoms with E-state index < -0.39 is 5.82 Å². The maximum atomic E-state index is 13.1. The van der Waals surface area contributed by atoms with Crippen molar-refractivity contribution < 1.29 is 19.0 Å². The molecule has 1 aromatic rings. The van der Waals surface area contributed by atoms with Crippen molar-refractivity contribution in [3.63, 3.8) is 0 Å². The van der Waals surface area contributed by atoms with Crippen LogP contribution in [-0.4, -0.2) is 37.4 Å². The third-order valence-electron chi connectivity index (χ3n) is 1.96. The van der Waals surface area contributed by atoms with Gasteiger partial charge in [0.15, 0.2) is 0 Å². The molecule has 4 nitrogen and oxygen atoms in total. The predicted octanol–water partition coefficient (Wildman–Crippen LogP) is 1.33. The zero-order chi connectivity index (χ0) is 12.7. The van der Waals surface area contributed by atoms with E-state index in [4.69, 9.17) is 9.84 Å². The molecule has 94 valence electrons. The smallest absolute Gasteiger partial charge is 0.252 e. The van der Waals surface area contributed by atoms with E-state index in [1.54, 1.807) is 0 Å². The van der Waals surface area contributed by atoms with Gasteiger partial charge in [-0.3, -0.25) is 4.79 Å². The summed E-state index contributed by atoms with van der Waals surface area (Å²) in [6, 6.07) is 4.26. The summed E-state index contributed by atoms with van der Waals surface area (Å²) in [5.41, 5.74) is 0.243. The van der Waals surface area contributed by atoms with Crippen LogP contribution >= 0.6 is 15.9 Å². The fraction of sp³-hybridized carbons (Fsp3) is 0.364. The first-order chi connectivity index (χ1) is 8.16. The van der Waals surface area contributed by atoms with Crippen LogP contribution in [0.4, 0.5) is 4.39 Å². The van der Waals surface area contributed by atoms with Crippen molar-refractivity contribution in [2.45, 2.75) is 0 Å². The van der Waals surface area contributed by atoms with Gasteiger partial charge in [0.25, 0.3) is 5.91 Å². The van der Waals surface area contributed by atoms with Gasteiger partial charge in [-0.05, 0) is 28.1 Å². The minimum atomic E-state index is -0.478. The van der Waals surface area contributed by atoms with E-state index in [1.807, 2.05) is 0 Å². The van der Waals surface area contributed by atoms with E-state index in [2.05, 4.69) is 21.2 Å². The van der Waals surface area contributed by atoms with Crippen molar-refractivity contribution in [3.05, 3.63) is 34.1 Å². The van der Waals surface area contributed by atoms with Crippen LogP contribution in [0.15, 0.2) is 22.7 Å². The van der Waals surface area contributed by atoms with Gasteiger partial charge in [0.2, 0.25) is 0 Å². The second-order valence-corrected chi connectivity index (χ2v) is 3.99. The van der Waals surface area contributed by atoms with E-state index in [0.29, 0.717) is 13.2 Å². The van der Waals surface area contributed by atoms with Crippen LogP contribution in [-0.2, 0) is 4.74 Å². The highest BCUT2D eigenvalue weighted by molar-refractivity contribution is 9.10. The maximum absolute atomic E-state index is 13.1. The molecule has 0 aliphatic carbocycles. The highest BCUT2D eigenvalue weighted by Crippen LogP contribution is 2.19. The SMILES string of the molecule is O=C(NCCOCCO)c1cccc(F)c1Br. The lowest BCUT2D eigenvalue weighted by molar-refractivity contribution is 0.0837. The van der Waals surface area contributed by atoms with Gasteiger partial charge in [0.1, 0.15) is 5.82 Å². The lowest BCUT2D eigenvalue weighted by atomic mass is 10.2. The summed E-state index contributed by atoms with van der Waals surface area (Å²) in [4.78, 5) is 11.6. The van der Waals surface area contributed by atoms with Crippen LogP contribution in [0.3, 0.4) is 0 Å². The fourth-order valence-electron chi connectivity index (χ4n) is 1.18. The number of hydrogen-bond donors (Lipinski definition) is 2. The number of benzene rings is 1. The Morgan fingerprint density at radius 3 is 2.94 bits per heavy atom. The van der Waals surface area contributed by atoms with Gasteiger partial charge in [-0.1, -0.05) is 6.07 Å². The minimum absolute atomic E-state index is 0.0522. The molecule has 0 saturated heterocycles. The van der Waals surface area contributed by atoms with E-state index in [-0.39, 0.29) is 29.2 Å². The van der Waals surface area contributed by atoms with E-state index in [0.717, 1.165) is 0 Å². The van der Waals surface area contributed by atoms with Gasteiger partial charge >= 0.3 is 0 Å². The Kier molecular flexibility index (Phi) is 6.10. The van der Waals surface area contributed by atoms with Crippen LogP contribution in [0.2, 0.25) is 0 Å². The number of carbonyl (C=O) groups excluding carboxylic acids is 1. The van der Waals surface area contributed by atoms with Crippen molar-refractivity contribution in [2.75, 3.05) is 26.4 Å².